The first-order valence-corrected chi connectivity index (χ1v) is 12.1. The van der Waals surface area contributed by atoms with Crippen molar-refractivity contribution in [1.82, 2.24) is 24.9 Å². The van der Waals surface area contributed by atoms with Crippen LogP contribution in [0.1, 0.15) is 22.0 Å². The zero-order chi connectivity index (χ0) is 25.0. The Balaban J connectivity index is 1.52. The van der Waals surface area contributed by atoms with Gasteiger partial charge in [0.1, 0.15) is 11.5 Å². The fourth-order valence-corrected chi connectivity index (χ4v) is 5.32. The van der Waals surface area contributed by atoms with Gasteiger partial charge in [0.25, 0.3) is 5.91 Å². The van der Waals surface area contributed by atoms with Crippen LogP contribution < -0.4 is 10.6 Å². The van der Waals surface area contributed by atoms with E-state index in [1.54, 1.807) is 6.07 Å². The molecular formula is C26H28FN7O2. The van der Waals surface area contributed by atoms with Crippen molar-refractivity contribution in [3.05, 3.63) is 53.6 Å². The van der Waals surface area contributed by atoms with Crippen LogP contribution in [0.25, 0.3) is 33.3 Å². The molecule has 186 valence electrons. The van der Waals surface area contributed by atoms with Crippen LogP contribution >= 0.6 is 0 Å². The van der Waals surface area contributed by atoms with Gasteiger partial charge in [-0.05, 0) is 54.9 Å². The second kappa shape index (κ2) is 8.72. The first-order chi connectivity index (χ1) is 17.4. The van der Waals surface area contributed by atoms with E-state index >= 15 is 4.39 Å². The minimum atomic E-state index is -0.662. The van der Waals surface area contributed by atoms with Gasteiger partial charge in [-0.25, -0.2) is 4.39 Å². The van der Waals surface area contributed by atoms with Crippen LogP contribution in [0.3, 0.4) is 0 Å². The number of primary amides is 1. The summed E-state index contributed by atoms with van der Waals surface area (Å²) in [6, 6.07) is 7.84. The third kappa shape index (κ3) is 3.73. The van der Waals surface area contributed by atoms with Crippen molar-refractivity contribution in [2.24, 2.45) is 5.73 Å². The summed E-state index contributed by atoms with van der Waals surface area (Å²) < 4.78 is 22.9. The molecule has 4 heterocycles. The van der Waals surface area contributed by atoms with E-state index in [1.165, 1.54) is 12.3 Å². The fraction of sp³-hybridized carbons (Fsp3) is 0.346. The third-order valence-electron chi connectivity index (χ3n) is 7.20. The first-order valence-electron chi connectivity index (χ1n) is 12.1. The van der Waals surface area contributed by atoms with Crippen molar-refractivity contribution in [3.8, 4) is 22.4 Å². The van der Waals surface area contributed by atoms with Gasteiger partial charge in [-0.3, -0.25) is 14.6 Å². The zero-order valence-electron chi connectivity index (χ0n) is 20.3. The van der Waals surface area contributed by atoms with E-state index in [4.69, 9.17) is 15.6 Å². The number of carbonyl (C=O) groups excluding carboxylic acids is 1. The van der Waals surface area contributed by atoms with Gasteiger partial charge in [-0.2, -0.15) is 10.2 Å². The van der Waals surface area contributed by atoms with Crippen LogP contribution in [-0.4, -0.2) is 77.2 Å². The Labute approximate surface area is 207 Å². The number of nitrogens with zero attached hydrogens (tertiary/aromatic N) is 5. The van der Waals surface area contributed by atoms with Crippen molar-refractivity contribution in [1.29, 1.82) is 0 Å². The molecule has 0 bridgehead atoms. The Morgan fingerprint density at radius 2 is 1.94 bits per heavy atom. The number of rotatable bonds is 5. The van der Waals surface area contributed by atoms with Crippen LogP contribution in [0.4, 0.5) is 10.1 Å². The zero-order valence-corrected chi connectivity index (χ0v) is 20.3. The van der Waals surface area contributed by atoms with E-state index in [-0.39, 0.29) is 16.8 Å². The summed E-state index contributed by atoms with van der Waals surface area (Å²) >= 11 is 0. The summed E-state index contributed by atoms with van der Waals surface area (Å²) in [6.07, 6.45) is 3.31. The van der Waals surface area contributed by atoms with Crippen molar-refractivity contribution in [3.63, 3.8) is 0 Å². The second-order valence-electron chi connectivity index (χ2n) is 9.66. The number of ether oxygens (including phenoxy) is 1. The van der Waals surface area contributed by atoms with E-state index < -0.39 is 11.7 Å². The van der Waals surface area contributed by atoms with Gasteiger partial charge in [0.05, 0.1) is 42.2 Å². The third-order valence-corrected chi connectivity index (χ3v) is 7.20. The Kier molecular flexibility index (Phi) is 5.50. The lowest BCUT2D eigenvalue weighted by Crippen LogP contribution is -2.45. The van der Waals surface area contributed by atoms with Crippen LogP contribution in [0.5, 0.6) is 0 Å². The number of aromatic amines is 1. The average Bonchev–Trinajstić information content (AvgIpc) is 3.50. The van der Waals surface area contributed by atoms with E-state index in [1.807, 2.05) is 13.1 Å². The molecule has 10 heteroatoms. The molecule has 1 amide bonds. The minimum absolute atomic E-state index is 0.153. The van der Waals surface area contributed by atoms with Gasteiger partial charge >= 0.3 is 0 Å². The predicted molar refractivity (Wildman–Crippen MR) is 136 cm³/mol. The molecule has 0 aliphatic carbocycles. The summed E-state index contributed by atoms with van der Waals surface area (Å²) in [5.74, 6) is -1.12. The van der Waals surface area contributed by atoms with E-state index in [9.17, 15) is 4.79 Å². The first kappa shape index (κ1) is 22.7. The number of likely N-dealkylation sites (tertiary alicyclic amines) is 1. The summed E-state index contributed by atoms with van der Waals surface area (Å²) in [4.78, 5) is 16.5. The van der Waals surface area contributed by atoms with E-state index in [0.29, 0.717) is 19.3 Å². The lowest BCUT2D eigenvalue weighted by Gasteiger charge is -2.37. The van der Waals surface area contributed by atoms with Gasteiger partial charge in [-0.1, -0.05) is 0 Å². The number of benzene rings is 2. The number of nitrogens with one attached hydrogen (secondary N) is 1. The minimum Gasteiger partial charge on any atom is -0.378 e. The highest BCUT2D eigenvalue weighted by atomic mass is 19.1. The normalized spacial score (nSPS) is 17.0. The summed E-state index contributed by atoms with van der Waals surface area (Å²) in [7, 11) is 2.11. The summed E-state index contributed by atoms with van der Waals surface area (Å²) in [5, 5.41) is 12.6. The molecule has 36 heavy (non-hydrogen) atoms. The molecule has 2 aromatic carbocycles. The number of hydrogen-bond donors (Lipinski definition) is 2. The number of anilines is 1. The number of H-pyrrole nitrogens is 1. The topological polar surface area (TPSA) is 105 Å². The number of aromatic nitrogens is 4. The smallest absolute Gasteiger partial charge is 0.252 e. The summed E-state index contributed by atoms with van der Waals surface area (Å²) in [6.45, 7) is 6.73. The molecule has 0 radical (unpaired) electrons. The number of hydrogen-bond acceptors (Lipinski definition) is 6. The van der Waals surface area contributed by atoms with Crippen LogP contribution in [0, 0.1) is 12.7 Å². The quantitative estimate of drug-likeness (QED) is 0.447. The number of likely N-dealkylation sites (N-methyl/N-ethyl adjacent to an activating group) is 1. The number of morpholine rings is 1. The highest BCUT2D eigenvalue weighted by Crippen LogP contribution is 2.39. The van der Waals surface area contributed by atoms with Crippen LogP contribution in [-0.2, 0) is 4.74 Å². The fourth-order valence-electron chi connectivity index (χ4n) is 5.32. The average molecular weight is 490 g/mol. The molecule has 0 spiro atoms. The molecule has 2 aliphatic heterocycles. The molecule has 0 atom stereocenters. The van der Waals surface area contributed by atoms with Gasteiger partial charge in [0, 0.05) is 43.3 Å². The highest BCUT2D eigenvalue weighted by Gasteiger charge is 2.29. The number of carbonyl (C=O) groups is 1. The second-order valence-corrected chi connectivity index (χ2v) is 9.66. The standard InChI is InChI=1S/C26H28FN7O2/c1-15-7-22(27)20(24-21(26(28)35)12-29-31-24)10-19(15)16-8-17-11-30-34(18-13-32(2)14-18)25(17)23(9-16)33-3-5-36-6-4-33/h7-12,18H,3-6,13-14H2,1-2H3,(H2,28,35)(H,29,31). The Morgan fingerprint density at radius 1 is 1.17 bits per heavy atom. The van der Waals surface area contributed by atoms with E-state index in [0.717, 1.165) is 59.5 Å². The number of aryl methyl sites for hydroxylation is 1. The van der Waals surface area contributed by atoms with Gasteiger partial charge < -0.3 is 20.3 Å². The van der Waals surface area contributed by atoms with E-state index in [2.05, 4.69) is 43.9 Å². The van der Waals surface area contributed by atoms with Gasteiger partial charge in [0.2, 0.25) is 0 Å². The van der Waals surface area contributed by atoms with Gasteiger partial charge in [0.15, 0.2) is 0 Å². The molecule has 0 unspecified atom stereocenters. The molecule has 9 nitrogen and oxygen atoms in total. The Bertz CT molecular complexity index is 1460. The number of amides is 1. The molecule has 2 aliphatic rings. The number of fused-ring (bicyclic) bond motifs is 1. The molecule has 2 fully saturated rings. The van der Waals surface area contributed by atoms with Crippen LogP contribution in [0.2, 0.25) is 0 Å². The largest absolute Gasteiger partial charge is 0.378 e. The molecular weight excluding hydrogens is 461 g/mol. The maximum absolute atomic E-state index is 15.1. The number of nitrogens with two attached hydrogens (primary N) is 1. The van der Waals surface area contributed by atoms with Crippen molar-refractivity contribution in [2.45, 2.75) is 13.0 Å². The molecule has 4 aromatic rings. The monoisotopic (exact) mass is 489 g/mol. The maximum atomic E-state index is 15.1. The molecule has 0 saturated carbocycles. The molecule has 3 N–H and O–H groups in total. The predicted octanol–water partition coefficient (Wildman–Crippen LogP) is 2.96. The Hall–Kier alpha value is -3.76. The Morgan fingerprint density at radius 3 is 2.67 bits per heavy atom. The number of halogens is 1. The van der Waals surface area contributed by atoms with Crippen molar-refractivity contribution >= 4 is 22.5 Å². The summed E-state index contributed by atoms with van der Waals surface area (Å²) in [5.41, 5.74) is 10.9. The molecule has 2 saturated heterocycles. The lowest BCUT2D eigenvalue weighted by atomic mass is 9.94. The SMILES string of the molecule is Cc1cc(F)c(-c2n[nH]cc2C(N)=O)cc1-c1cc(N2CCOCC2)c2c(cnn2C2CN(C)C2)c1. The lowest BCUT2D eigenvalue weighted by molar-refractivity contribution is 0.100. The molecule has 2 aromatic heterocycles. The van der Waals surface area contributed by atoms with Crippen molar-refractivity contribution in [2.75, 3.05) is 51.3 Å². The highest BCUT2D eigenvalue weighted by molar-refractivity contribution is 6.00. The van der Waals surface area contributed by atoms with Gasteiger partial charge in [-0.15, -0.1) is 0 Å². The van der Waals surface area contributed by atoms with Crippen LogP contribution in [0.15, 0.2) is 36.7 Å². The van der Waals surface area contributed by atoms with Crippen molar-refractivity contribution < 1.29 is 13.9 Å². The molecule has 6 rings (SSSR count). The maximum Gasteiger partial charge on any atom is 0.252 e.